The maximum absolute atomic E-state index is 11.8. The van der Waals surface area contributed by atoms with E-state index < -0.39 is 12.0 Å². The third kappa shape index (κ3) is 3.27. The predicted octanol–water partition coefficient (Wildman–Crippen LogP) is 2.23. The van der Waals surface area contributed by atoms with E-state index in [4.69, 9.17) is 0 Å². The first-order valence-electron chi connectivity index (χ1n) is 3.09. The van der Waals surface area contributed by atoms with Gasteiger partial charge in [0.25, 0.3) is 0 Å². The Kier molecular flexibility index (Phi) is 4.27. The van der Waals surface area contributed by atoms with Crippen molar-refractivity contribution in [3.05, 3.63) is 35.9 Å². The van der Waals surface area contributed by atoms with E-state index in [0.29, 0.717) is 0 Å². The molecule has 66 valence electrons. The van der Waals surface area contributed by atoms with Gasteiger partial charge >= 0.3 is 6.18 Å². The number of ketones is 1. The molecule has 13 heavy (non-hydrogen) atoms. The van der Waals surface area contributed by atoms with E-state index in [0.717, 1.165) is 12.1 Å². The predicted molar refractivity (Wildman–Crippen MR) is 35.7 cm³/mol. The normalized spacial score (nSPS) is 10.4. The Hall–Kier alpha value is -0.697. The van der Waals surface area contributed by atoms with Crippen LogP contribution >= 0.6 is 0 Å². The summed E-state index contributed by atoms with van der Waals surface area (Å²) in [5.41, 5.74) is -0.360. The van der Waals surface area contributed by atoms with Gasteiger partial charge in [-0.2, -0.15) is 43.5 Å². The third-order valence-electron chi connectivity index (χ3n) is 1.24. The molecule has 0 aromatic heterocycles. The van der Waals surface area contributed by atoms with Crippen molar-refractivity contribution in [2.75, 3.05) is 0 Å². The van der Waals surface area contributed by atoms with Crippen molar-refractivity contribution in [2.24, 2.45) is 0 Å². The molecular formula is C8H4F3OZn-. The fourth-order valence-electron chi connectivity index (χ4n) is 0.702. The number of hydrogen-bond donors (Lipinski definition) is 0. The number of alkyl halides is 3. The zero-order valence-corrected chi connectivity index (χ0v) is 9.53. The second kappa shape index (κ2) is 4.51. The second-order valence-corrected chi connectivity index (χ2v) is 2.12. The van der Waals surface area contributed by atoms with Crippen molar-refractivity contribution in [1.29, 1.82) is 0 Å². The fourth-order valence-corrected chi connectivity index (χ4v) is 0.702. The van der Waals surface area contributed by atoms with Crippen molar-refractivity contribution in [1.82, 2.24) is 0 Å². The van der Waals surface area contributed by atoms with Gasteiger partial charge in [0, 0.05) is 19.5 Å². The minimum atomic E-state index is -4.79. The Morgan fingerprint density at radius 2 is 1.69 bits per heavy atom. The third-order valence-corrected chi connectivity index (χ3v) is 1.24. The van der Waals surface area contributed by atoms with Crippen LogP contribution in [0, 0.1) is 6.07 Å². The first-order chi connectivity index (χ1) is 5.52. The van der Waals surface area contributed by atoms with Crippen molar-refractivity contribution in [3.63, 3.8) is 0 Å². The minimum absolute atomic E-state index is 0. The number of carbonyl (C=O) groups is 1. The van der Waals surface area contributed by atoms with E-state index in [1.807, 2.05) is 0 Å². The largest absolute Gasteiger partial charge is 0.452 e. The van der Waals surface area contributed by atoms with E-state index in [1.165, 1.54) is 12.1 Å². The molecule has 0 radical (unpaired) electrons. The molecular weight excluding hydrogens is 234 g/mol. The van der Waals surface area contributed by atoms with E-state index >= 15 is 0 Å². The topological polar surface area (TPSA) is 17.1 Å². The summed E-state index contributed by atoms with van der Waals surface area (Å²) in [6, 6.07) is 7.20. The van der Waals surface area contributed by atoms with Crippen molar-refractivity contribution in [2.45, 2.75) is 6.18 Å². The molecule has 0 aliphatic rings. The van der Waals surface area contributed by atoms with Gasteiger partial charge in [-0.25, -0.2) is 0 Å². The van der Waals surface area contributed by atoms with Crippen LogP contribution < -0.4 is 0 Å². The van der Waals surface area contributed by atoms with E-state index in [9.17, 15) is 18.0 Å². The molecule has 1 nitrogen and oxygen atoms in total. The van der Waals surface area contributed by atoms with Crippen LogP contribution in [0.15, 0.2) is 24.3 Å². The van der Waals surface area contributed by atoms with Crippen molar-refractivity contribution < 1.29 is 37.4 Å². The average molecular weight is 239 g/mol. The van der Waals surface area contributed by atoms with Crippen LogP contribution in [0.2, 0.25) is 0 Å². The number of benzene rings is 1. The summed E-state index contributed by atoms with van der Waals surface area (Å²) >= 11 is 0. The number of rotatable bonds is 1. The minimum Gasteiger partial charge on any atom is -0.286 e. The van der Waals surface area contributed by atoms with Gasteiger partial charge in [-0.15, -0.1) is 0 Å². The van der Waals surface area contributed by atoms with Crippen LogP contribution in [0.1, 0.15) is 10.4 Å². The quantitative estimate of drug-likeness (QED) is 0.417. The molecule has 0 aliphatic heterocycles. The average Bonchev–Trinajstić information content (AvgIpc) is 2.03. The Bertz CT molecular complexity index is 281. The molecule has 1 rings (SSSR count). The zero-order chi connectivity index (χ0) is 9.19. The monoisotopic (exact) mass is 237 g/mol. The summed E-state index contributed by atoms with van der Waals surface area (Å²) < 4.78 is 35.3. The molecule has 0 spiro atoms. The van der Waals surface area contributed by atoms with Crippen molar-refractivity contribution in [3.8, 4) is 0 Å². The first-order valence-corrected chi connectivity index (χ1v) is 3.09. The van der Waals surface area contributed by atoms with E-state index in [2.05, 4.69) is 6.07 Å². The van der Waals surface area contributed by atoms with Gasteiger partial charge < -0.3 is 0 Å². The smallest absolute Gasteiger partial charge is 0.286 e. The zero-order valence-electron chi connectivity index (χ0n) is 6.56. The van der Waals surface area contributed by atoms with Crippen LogP contribution in [0.25, 0.3) is 0 Å². The molecule has 0 unspecified atom stereocenters. The summed E-state index contributed by atoms with van der Waals surface area (Å²) in [5, 5.41) is 0. The Balaban J connectivity index is 0.00000144. The molecule has 1 aromatic rings. The number of carbonyl (C=O) groups excluding carboxylic acids is 1. The van der Waals surface area contributed by atoms with Gasteiger partial charge in [-0.1, -0.05) is 5.56 Å². The molecule has 0 bridgehead atoms. The summed E-state index contributed by atoms with van der Waals surface area (Å²) in [4.78, 5) is 10.5. The summed E-state index contributed by atoms with van der Waals surface area (Å²) in [6.45, 7) is 0. The molecule has 0 amide bonds. The van der Waals surface area contributed by atoms with Crippen LogP contribution in [0.4, 0.5) is 13.2 Å². The van der Waals surface area contributed by atoms with Crippen molar-refractivity contribution >= 4 is 5.78 Å². The maximum Gasteiger partial charge on any atom is 0.452 e. The summed E-state index contributed by atoms with van der Waals surface area (Å²) in [7, 11) is 0. The second-order valence-electron chi connectivity index (χ2n) is 2.12. The van der Waals surface area contributed by atoms with Gasteiger partial charge in [0.05, 0.1) is 0 Å². The summed E-state index contributed by atoms with van der Waals surface area (Å²) in [6.07, 6.45) is -4.79. The molecule has 0 saturated heterocycles. The molecule has 0 aliphatic carbocycles. The molecule has 0 heterocycles. The van der Waals surface area contributed by atoms with E-state index in [-0.39, 0.29) is 25.0 Å². The molecule has 0 atom stereocenters. The number of halogens is 3. The first kappa shape index (κ1) is 12.3. The van der Waals surface area contributed by atoms with Crippen LogP contribution in [-0.4, -0.2) is 12.0 Å². The molecule has 1 aromatic carbocycles. The van der Waals surface area contributed by atoms with Gasteiger partial charge in [-0.3, -0.25) is 4.79 Å². The fraction of sp³-hybridized carbons (Fsp3) is 0.125. The SMILES string of the molecule is O=C(c1cc[c-]cc1)C(F)(F)F.[Zn]. The van der Waals surface area contributed by atoms with E-state index in [1.54, 1.807) is 0 Å². The molecule has 0 saturated carbocycles. The van der Waals surface area contributed by atoms with Gasteiger partial charge in [0.1, 0.15) is 0 Å². The Labute approximate surface area is 85.7 Å². The number of hydrogen-bond acceptors (Lipinski definition) is 1. The maximum atomic E-state index is 11.8. The molecule has 0 fully saturated rings. The van der Waals surface area contributed by atoms with Crippen LogP contribution in [0.5, 0.6) is 0 Å². The van der Waals surface area contributed by atoms with Crippen LogP contribution in [-0.2, 0) is 19.5 Å². The summed E-state index contributed by atoms with van der Waals surface area (Å²) in [5.74, 6) is -1.82. The molecule has 5 heteroatoms. The Morgan fingerprint density at radius 1 is 1.23 bits per heavy atom. The van der Waals surface area contributed by atoms with Gasteiger partial charge in [0.2, 0.25) is 5.78 Å². The number of Topliss-reactive ketones (excluding diaryl/α,β-unsaturated/α-hetero) is 1. The Morgan fingerprint density at radius 3 is 2.08 bits per heavy atom. The van der Waals surface area contributed by atoms with Gasteiger partial charge in [0.15, 0.2) is 0 Å². The van der Waals surface area contributed by atoms with Crippen LogP contribution in [0.3, 0.4) is 0 Å². The standard InChI is InChI=1S/C8H4F3O.Zn/c9-8(10,11)7(12)6-4-2-1-3-5-6;/h2-5H;/q-1;. The molecule has 0 N–H and O–H groups in total. The van der Waals surface area contributed by atoms with Gasteiger partial charge in [-0.05, 0) is 0 Å².